The van der Waals surface area contributed by atoms with E-state index in [0.29, 0.717) is 18.3 Å². The zero-order valence-electron chi connectivity index (χ0n) is 17.3. The quantitative estimate of drug-likeness (QED) is 0.699. The van der Waals surface area contributed by atoms with Crippen LogP contribution in [0.4, 0.5) is 11.5 Å². The second-order valence-electron chi connectivity index (χ2n) is 8.59. The highest BCUT2D eigenvalue weighted by Gasteiger charge is 2.54. The molecule has 2 aromatic carbocycles. The van der Waals surface area contributed by atoms with Crippen molar-refractivity contribution < 1.29 is 9.59 Å². The molecule has 0 aliphatic carbocycles. The number of benzene rings is 2. The number of carbonyl (C=O) groups excluding carboxylic acids is 2. The van der Waals surface area contributed by atoms with Crippen LogP contribution in [-0.4, -0.2) is 21.6 Å². The maximum absolute atomic E-state index is 13.3. The molecule has 30 heavy (non-hydrogen) atoms. The average Bonchev–Trinajstić information content (AvgIpc) is 3.23. The summed E-state index contributed by atoms with van der Waals surface area (Å²) in [6.07, 6.45) is 1.82. The zero-order valence-corrected chi connectivity index (χ0v) is 17.3. The van der Waals surface area contributed by atoms with Gasteiger partial charge in [-0.25, -0.2) is 4.68 Å². The molecule has 6 heteroatoms. The fraction of sp³-hybridized carbons (Fsp3) is 0.292. The molecule has 2 N–H and O–H groups in total. The van der Waals surface area contributed by atoms with E-state index in [9.17, 15) is 9.59 Å². The number of fused-ring (bicyclic) bond motifs is 4. The molecule has 2 aliphatic heterocycles. The lowest BCUT2D eigenvalue weighted by molar-refractivity contribution is -0.125. The molecule has 1 aromatic heterocycles. The van der Waals surface area contributed by atoms with Crippen LogP contribution in [0.1, 0.15) is 54.0 Å². The molecule has 0 saturated carbocycles. The lowest BCUT2D eigenvalue weighted by atomic mass is 9.71. The maximum atomic E-state index is 13.3. The molecule has 2 aliphatic rings. The number of hydrogen-bond acceptors (Lipinski definition) is 3. The summed E-state index contributed by atoms with van der Waals surface area (Å²) in [4.78, 5) is 26.1. The third-order valence-corrected chi connectivity index (χ3v) is 6.24. The monoisotopic (exact) mass is 400 g/mol. The lowest BCUT2D eigenvalue weighted by Gasteiger charge is -2.32. The number of carbonyl (C=O) groups is 2. The van der Waals surface area contributed by atoms with Gasteiger partial charge in [-0.3, -0.25) is 9.59 Å². The van der Waals surface area contributed by atoms with Gasteiger partial charge in [0.05, 0.1) is 12.7 Å². The molecule has 0 fully saturated rings. The fourth-order valence-electron chi connectivity index (χ4n) is 4.51. The van der Waals surface area contributed by atoms with Crippen molar-refractivity contribution in [1.82, 2.24) is 9.78 Å². The summed E-state index contributed by atoms with van der Waals surface area (Å²) in [5.74, 6) is 0.587. The van der Waals surface area contributed by atoms with Gasteiger partial charge in [0.15, 0.2) is 0 Å². The van der Waals surface area contributed by atoms with Gasteiger partial charge >= 0.3 is 0 Å². The van der Waals surface area contributed by atoms with Crippen molar-refractivity contribution in [2.24, 2.45) is 0 Å². The predicted octanol–water partition coefficient (Wildman–Crippen LogP) is 3.94. The van der Waals surface area contributed by atoms with Gasteiger partial charge in [0.25, 0.3) is 0 Å². The standard InChI is InChI=1S/C24H24N4O2/c1-14(2)17-8-9-20-18(10-17)24(23(30)26-20)11-21(29)27-22-19(24)12-25-28(22)13-16-6-4-15(3)5-7-16/h4-10,12,14H,11,13H2,1-3H3,(H,26,30)(H,27,29). The van der Waals surface area contributed by atoms with Gasteiger partial charge in [0.1, 0.15) is 11.2 Å². The first kappa shape index (κ1) is 18.6. The van der Waals surface area contributed by atoms with Crippen molar-refractivity contribution >= 4 is 23.3 Å². The van der Waals surface area contributed by atoms with E-state index in [4.69, 9.17) is 0 Å². The highest BCUT2D eigenvalue weighted by atomic mass is 16.2. The Labute approximate surface area is 175 Å². The number of aryl methyl sites for hydroxylation is 1. The van der Waals surface area contributed by atoms with Crippen LogP contribution in [0, 0.1) is 6.92 Å². The molecule has 6 nitrogen and oxygen atoms in total. The minimum absolute atomic E-state index is 0.0800. The van der Waals surface area contributed by atoms with Gasteiger partial charge in [-0.05, 0) is 35.6 Å². The third-order valence-electron chi connectivity index (χ3n) is 6.24. The van der Waals surface area contributed by atoms with E-state index in [-0.39, 0.29) is 18.2 Å². The Kier molecular flexibility index (Phi) is 4.07. The number of anilines is 2. The highest BCUT2D eigenvalue weighted by molar-refractivity contribution is 6.14. The summed E-state index contributed by atoms with van der Waals surface area (Å²) in [6, 6.07) is 14.3. The van der Waals surface area contributed by atoms with Crippen molar-refractivity contribution in [1.29, 1.82) is 0 Å². The van der Waals surface area contributed by atoms with Gasteiger partial charge in [0, 0.05) is 17.7 Å². The van der Waals surface area contributed by atoms with Crippen LogP contribution < -0.4 is 10.6 Å². The average molecular weight is 400 g/mol. The Hall–Kier alpha value is -3.41. The summed E-state index contributed by atoms with van der Waals surface area (Å²) in [5.41, 5.74) is 4.77. The van der Waals surface area contributed by atoms with Crippen molar-refractivity contribution in [2.45, 2.75) is 45.1 Å². The Morgan fingerprint density at radius 2 is 1.83 bits per heavy atom. The molecule has 1 unspecified atom stereocenters. The highest BCUT2D eigenvalue weighted by Crippen LogP contribution is 2.50. The van der Waals surface area contributed by atoms with E-state index < -0.39 is 5.41 Å². The first-order valence-corrected chi connectivity index (χ1v) is 10.3. The van der Waals surface area contributed by atoms with Gasteiger partial charge in [-0.1, -0.05) is 55.8 Å². The minimum Gasteiger partial charge on any atom is -0.325 e. The maximum Gasteiger partial charge on any atom is 0.240 e. The van der Waals surface area contributed by atoms with Crippen LogP contribution in [0.2, 0.25) is 0 Å². The van der Waals surface area contributed by atoms with Crippen molar-refractivity contribution in [3.8, 4) is 0 Å². The van der Waals surface area contributed by atoms with Crippen LogP contribution in [0.3, 0.4) is 0 Å². The molecule has 0 bridgehead atoms. The van der Waals surface area contributed by atoms with E-state index >= 15 is 0 Å². The van der Waals surface area contributed by atoms with E-state index in [0.717, 1.165) is 27.9 Å². The van der Waals surface area contributed by atoms with E-state index in [2.05, 4.69) is 59.9 Å². The molecule has 0 radical (unpaired) electrons. The Balaban J connectivity index is 1.64. The lowest BCUT2D eigenvalue weighted by Crippen LogP contribution is -2.43. The number of rotatable bonds is 3. The number of nitrogens with one attached hydrogen (secondary N) is 2. The van der Waals surface area contributed by atoms with Crippen molar-refractivity contribution in [2.75, 3.05) is 10.6 Å². The van der Waals surface area contributed by atoms with Crippen LogP contribution in [0.5, 0.6) is 0 Å². The minimum atomic E-state index is -1.04. The fourth-order valence-corrected chi connectivity index (χ4v) is 4.51. The second-order valence-corrected chi connectivity index (χ2v) is 8.59. The van der Waals surface area contributed by atoms with E-state index in [1.807, 2.05) is 19.1 Å². The summed E-state index contributed by atoms with van der Waals surface area (Å²) in [5, 5.41) is 10.5. The summed E-state index contributed by atoms with van der Waals surface area (Å²) in [6.45, 7) is 6.81. The first-order valence-electron chi connectivity index (χ1n) is 10.3. The number of aromatic nitrogens is 2. The van der Waals surface area contributed by atoms with Crippen molar-refractivity contribution in [3.63, 3.8) is 0 Å². The van der Waals surface area contributed by atoms with E-state index in [1.165, 1.54) is 5.56 Å². The van der Waals surface area contributed by atoms with Crippen LogP contribution in [-0.2, 0) is 21.5 Å². The number of amides is 2. The van der Waals surface area contributed by atoms with Crippen LogP contribution in [0.15, 0.2) is 48.7 Å². The molecule has 2 amide bonds. The zero-order chi connectivity index (χ0) is 21.0. The van der Waals surface area contributed by atoms with Crippen LogP contribution in [0.25, 0.3) is 0 Å². The van der Waals surface area contributed by atoms with Crippen molar-refractivity contribution in [3.05, 3.63) is 76.5 Å². The van der Waals surface area contributed by atoms with Gasteiger partial charge in [0.2, 0.25) is 11.8 Å². The largest absolute Gasteiger partial charge is 0.325 e. The van der Waals surface area contributed by atoms with Gasteiger partial charge in [-0.2, -0.15) is 5.10 Å². The van der Waals surface area contributed by atoms with Gasteiger partial charge in [-0.15, -0.1) is 0 Å². The molecule has 1 atom stereocenters. The molecule has 1 spiro atoms. The molecule has 3 heterocycles. The molecular weight excluding hydrogens is 376 g/mol. The molecule has 152 valence electrons. The van der Waals surface area contributed by atoms with E-state index in [1.54, 1.807) is 10.9 Å². The second kappa shape index (κ2) is 6.55. The Morgan fingerprint density at radius 1 is 1.07 bits per heavy atom. The van der Waals surface area contributed by atoms with Gasteiger partial charge < -0.3 is 10.6 Å². The molecular formula is C24H24N4O2. The molecule has 3 aromatic rings. The Morgan fingerprint density at radius 3 is 2.57 bits per heavy atom. The third kappa shape index (κ3) is 2.67. The molecule has 0 saturated heterocycles. The number of nitrogens with zero attached hydrogens (tertiary/aromatic N) is 2. The number of hydrogen-bond donors (Lipinski definition) is 2. The summed E-state index contributed by atoms with van der Waals surface area (Å²) in [7, 11) is 0. The topological polar surface area (TPSA) is 76.0 Å². The SMILES string of the molecule is Cc1ccc(Cn2ncc3c2NC(=O)CC32C(=O)Nc3ccc(C(C)C)cc32)cc1. The normalized spacial score (nSPS) is 19.6. The van der Waals surface area contributed by atoms with Crippen LogP contribution >= 0.6 is 0 Å². The summed E-state index contributed by atoms with van der Waals surface area (Å²) >= 11 is 0. The Bertz CT molecular complexity index is 1180. The smallest absolute Gasteiger partial charge is 0.240 e. The summed E-state index contributed by atoms with van der Waals surface area (Å²) < 4.78 is 1.77. The first-order chi connectivity index (χ1) is 14.4. The predicted molar refractivity (Wildman–Crippen MR) is 116 cm³/mol. The molecule has 5 rings (SSSR count).